The van der Waals surface area contributed by atoms with Gasteiger partial charge in [0, 0.05) is 37.3 Å². The Bertz CT molecular complexity index is 521. The zero-order chi connectivity index (χ0) is 13.8. The fourth-order valence-electron chi connectivity index (χ4n) is 2.97. The van der Waals surface area contributed by atoms with Gasteiger partial charge >= 0.3 is 0 Å². The topological polar surface area (TPSA) is 50.1 Å². The molecule has 4 nitrogen and oxygen atoms in total. The molecule has 1 aliphatic carbocycles. The summed E-state index contributed by atoms with van der Waals surface area (Å²) in [6.07, 6.45) is 9.08. The average molecular weight is 271 g/mol. The Morgan fingerprint density at radius 3 is 2.80 bits per heavy atom. The summed E-state index contributed by atoms with van der Waals surface area (Å²) in [7, 11) is 0. The molecule has 4 heteroatoms. The molecular formula is C16H21N3O. The maximum absolute atomic E-state index is 9.33. The Hall–Kier alpha value is -1.65. The number of hydrogen-bond acceptors (Lipinski definition) is 3. The second kappa shape index (κ2) is 6.20. The largest absolute Gasteiger partial charge is 0.396 e. The van der Waals surface area contributed by atoms with Crippen molar-refractivity contribution in [2.75, 3.05) is 6.61 Å². The fraction of sp³-hybridized carbons (Fsp3) is 0.438. The number of aliphatic hydroxyl groups is 1. The van der Waals surface area contributed by atoms with Gasteiger partial charge in [0.15, 0.2) is 0 Å². The summed E-state index contributed by atoms with van der Waals surface area (Å²) in [5, 5.41) is 12.9. The minimum Gasteiger partial charge on any atom is -0.396 e. The maximum Gasteiger partial charge on any atom is 0.0991 e. The summed E-state index contributed by atoms with van der Waals surface area (Å²) in [4.78, 5) is 4.05. The van der Waals surface area contributed by atoms with Crippen molar-refractivity contribution in [3.8, 4) is 5.69 Å². The van der Waals surface area contributed by atoms with E-state index in [1.807, 2.05) is 10.8 Å². The third-order valence-electron chi connectivity index (χ3n) is 4.20. The monoisotopic (exact) mass is 271 g/mol. The second-order valence-electron chi connectivity index (χ2n) is 5.50. The average Bonchev–Trinajstić information content (AvgIpc) is 3.16. The highest BCUT2D eigenvalue weighted by atomic mass is 16.3. The van der Waals surface area contributed by atoms with Gasteiger partial charge in [0.25, 0.3) is 0 Å². The van der Waals surface area contributed by atoms with E-state index in [9.17, 15) is 5.11 Å². The molecule has 2 N–H and O–H groups in total. The number of nitrogens with one attached hydrogen (secondary N) is 1. The van der Waals surface area contributed by atoms with Crippen molar-refractivity contribution in [3.63, 3.8) is 0 Å². The number of aromatic nitrogens is 2. The van der Waals surface area contributed by atoms with Crippen LogP contribution in [-0.4, -0.2) is 27.3 Å². The molecule has 0 spiro atoms. The van der Waals surface area contributed by atoms with Crippen LogP contribution >= 0.6 is 0 Å². The number of hydrogen-bond donors (Lipinski definition) is 2. The van der Waals surface area contributed by atoms with Crippen molar-refractivity contribution in [1.82, 2.24) is 14.9 Å². The Morgan fingerprint density at radius 1 is 1.25 bits per heavy atom. The second-order valence-corrected chi connectivity index (χ2v) is 5.50. The molecule has 0 saturated heterocycles. The third-order valence-corrected chi connectivity index (χ3v) is 4.20. The normalized spacial score (nSPS) is 22.2. The molecule has 2 aromatic rings. The van der Waals surface area contributed by atoms with E-state index in [4.69, 9.17) is 0 Å². The minimum absolute atomic E-state index is 0.303. The Kier molecular flexibility index (Phi) is 4.14. The number of imidazole rings is 1. The molecule has 0 amide bonds. The van der Waals surface area contributed by atoms with Crippen molar-refractivity contribution in [3.05, 3.63) is 48.5 Å². The molecule has 20 heavy (non-hydrogen) atoms. The van der Waals surface area contributed by atoms with Gasteiger partial charge in [-0.25, -0.2) is 4.98 Å². The van der Waals surface area contributed by atoms with E-state index in [1.165, 1.54) is 18.4 Å². The molecule has 1 fully saturated rings. The van der Waals surface area contributed by atoms with Crippen molar-refractivity contribution in [1.29, 1.82) is 0 Å². The lowest BCUT2D eigenvalue weighted by atomic mass is 10.0. The van der Waals surface area contributed by atoms with E-state index in [2.05, 4.69) is 34.6 Å². The molecule has 106 valence electrons. The Morgan fingerprint density at radius 2 is 2.10 bits per heavy atom. The van der Waals surface area contributed by atoms with Gasteiger partial charge in [-0.15, -0.1) is 0 Å². The Labute approximate surface area is 119 Å². The molecule has 1 aromatic heterocycles. The summed E-state index contributed by atoms with van der Waals surface area (Å²) < 4.78 is 2.00. The smallest absolute Gasteiger partial charge is 0.0991 e. The van der Waals surface area contributed by atoms with Gasteiger partial charge in [-0.05, 0) is 36.5 Å². The molecule has 1 aromatic carbocycles. The van der Waals surface area contributed by atoms with Crippen LogP contribution in [0.4, 0.5) is 0 Å². The van der Waals surface area contributed by atoms with Gasteiger partial charge in [-0.3, -0.25) is 0 Å². The van der Waals surface area contributed by atoms with Crippen LogP contribution in [0.15, 0.2) is 43.0 Å². The number of aliphatic hydroxyl groups excluding tert-OH is 1. The zero-order valence-corrected chi connectivity index (χ0v) is 11.6. The van der Waals surface area contributed by atoms with E-state index < -0.39 is 0 Å². The van der Waals surface area contributed by atoms with Crippen LogP contribution in [0, 0.1) is 5.92 Å². The number of nitrogens with zero attached hydrogens (tertiary/aromatic N) is 2. The van der Waals surface area contributed by atoms with Crippen LogP contribution in [0.1, 0.15) is 24.8 Å². The molecular weight excluding hydrogens is 250 g/mol. The molecule has 0 bridgehead atoms. The van der Waals surface area contributed by atoms with Crippen LogP contribution in [-0.2, 0) is 6.54 Å². The standard InChI is InChI=1S/C16H21N3O/c20-11-14-2-1-3-16(14)18-10-13-4-6-15(7-5-13)19-9-8-17-12-19/h4-9,12,14,16,18,20H,1-3,10-11H2. The molecule has 0 radical (unpaired) electrons. The van der Waals surface area contributed by atoms with Gasteiger partial charge in [0.1, 0.15) is 0 Å². The van der Waals surface area contributed by atoms with Crippen LogP contribution in [0.5, 0.6) is 0 Å². The lowest BCUT2D eigenvalue weighted by molar-refractivity contribution is 0.205. The highest BCUT2D eigenvalue weighted by Crippen LogP contribution is 2.25. The Balaban J connectivity index is 1.58. The van der Waals surface area contributed by atoms with Crippen LogP contribution in [0.2, 0.25) is 0 Å². The van der Waals surface area contributed by atoms with Crippen molar-refractivity contribution < 1.29 is 5.11 Å². The lowest BCUT2D eigenvalue weighted by Gasteiger charge is -2.19. The van der Waals surface area contributed by atoms with Crippen LogP contribution in [0.3, 0.4) is 0 Å². The lowest BCUT2D eigenvalue weighted by Crippen LogP contribution is -2.33. The first-order valence-corrected chi connectivity index (χ1v) is 7.28. The van der Waals surface area contributed by atoms with Crippen molar-refractivity contribution in [2.45, 2.75) is 31.8 Å². The predicted octanol–water partition coefficient (Wildman–Crippen LogP) is 2.12. The fourth-order valence-corrected chi connectivity index (χ4v) is 2.97. The van der Waals surface area contributed by atoms with E-state index in [-0.39, 0.29) is 0 Å². The van der Waals surface area contributed by atoms with E-state index in [0.717, 1.165) is 18.7 Å². The summed E-state index contributed by atoms with van der Waals surface area (Å²) >= 11 is 0. The van der Waals surface area contributed by atoms with E-state index in [1.54, 1.807) is 12.5 Å². The van der Waals surface area contributed by atoms with Gasteiger partial charge in [-0.2, -0.15) is 0 Å². The molecule has 1 aliphatic rings. The van der Waals surface area contributed by atoms with Gasteiger partial charge < -0.3 is 15.0 Å². The number of benzene rings is 1. The van der Waals surface area contributed by atoms with Crippen LogP contribution in [0.25, 0.3) is 5.69 Å². The summed E-state index contributed by atoms with van der Waals surface area (Å²) in [5.74, 6) is 0.431. The summed E-state index contributed by atoms with van der Waals surface area (Å²) in [6, 6.07) is 8.97. The van der Waals surface area contributed by atoms with Crippen LogP contribution < -0.4 is 5.32 Å². The predicted molar refractivity (Wildman–Crippen MR) is 78.6 cm³/mol. The highest BCUT2D eigenvalue weighted by Gasteiger charge is 2.25. The molecule has 2 atom stereocenters. The first-order valence-electron chi connectivity index (χ1n) is 7.28. The minimum atomic E-state index is 0.303. The third kappa shape index (κ3) is 2.92. The maximum atomic E-state index is 9.33. The van der Waals surface area contributed by atoms with Crippen molar-refractivity contribution >= 4 is 0 Å². The van der Waals surface area contributed by atoms with Gasteiger partial charge in [0.2, 0.25) is 0 Å². The SMILES string of the molecule is OCC1CCCC1NCc1ccc(-n2ccnc2)cc1. The van der Waals surface area contributed by atoms with Gasteiger partial charge in [-0.1, -0.05) is 18.6 Å². The van der Waals surface area contributed by atoms with Gasteiger partial charge in [0.05, 0.1) is 6.33 Å². The first kappa shape index (κ1) is 13.3. The molecule has 3 rings (SSSR count). The first-order chi connectivity index (χ1) is 9.86. The molecule has 1 saturated carbocycles. The van der Waals surface area contributed by atoms with Crippen molar-refractivity contribution in [2.24, 2.45) is 5.92 Å². The molecule has 0 aliphatic heterocycles. The quantitative estimate of drug-likeness (QED) is 0.876. The number of rotatable bonds is 5. The zero-order valence-electron chi connectivity index (χ0n) is 11.6. The van der Waals surface area contributed by atoms with E-state index in [0.29, 0.717) is 18.6 Å². The van der Waals surface area contributed by atoms with E-state index >= 15 is 0 Å². The highest BCUT2D eigenvalue weighted by molar-refractivity contribution is 5.34. The summed E-state index contributed by atoms with van der Waals surface area (Å²) in [6.45, 7) is 1.17. The molecule has 2 unspecified atom stereocenters. The molecule has 1 heterocycles. The summed E-state index contributed by atoms with van der Waals surface area (Å²) in [5.41, 5.74) is 2.40.